The summed E-state index contributed by atoms with van der Waals surface area (Å²) in [5.74, 6) is 1.95. The fraction of sp³-hybridized carbons (Fsp3) is 0.353. The fourth-order valence-corrected chi connectivity index (χ4v) is 2.84. The van der Waals surface area contributed by atoms with E-state index in [1.54, 1.807) is 25.2 Å². The van der Waals surface area contributed by atoms with Gasteiger partial charge in [0.1, 0.15) is 12.0 Å². The molecule has 122 valence electrons. The van der Waals surface area contributed by atoms with Crippen molar-refractivity contribution in [2.75, 3.05) is 20.8 Å². The van der Waals surface area contributed by atoms with Crippen molar-refractivity contribution in [1.82, 2.24) is 4.90 Å². The molecule has 0 atom stereocenters. The Hall–Kier alpha value is -2.47. The number of rotatable bonds is 4. The molecular weight excluding hydrogens is 296 g/mol. The molecule has 1 aliphatic rings. The standard InChI is InChI=1S/C17H20N2O4/c1-21-15-6-11-3-4-19(9-12(11)7-16(15)22-2)17(20)13-5-14(8-18)23-10-13/h5-7,10H,3-4,8-9,18H2,1-2H3. The first-order valence-electron chi connectivity index (χ1n) is 7.46. The van der Waals surface area contributed by atoms with Gasteiger partial charge in [0, 0.05) is 13.1 Å². The van der Waals surface area contributed by atoms with Gasteiger partial charge in [-0.1, -0.05) is 0 Å². The number of hydrogen-bond donors (Lipinski definition) is 1. The summed E-state index contributed by atoms with van der Waals surface area (Å²) in [6.07, 6.45) is 2.25. The second kappa shape index (κ2) is 6.34. The van der Waals surface area contributed by atoms with Crippen LogP contribution in [0.5, 0.6) is 11.5 Å². The van der Waals surface area contributed by atoms with Crippen LogP contribution in [0.2, 0.25) is 0 Å². The molecule has 23 heavy (non-hydrogen) atoms. The van der Waals surface area contributed by atoms with E-state index >= 15 is 0 Å². The van der Waals surface area contributed by atoms with Crippen LogP contribution in [0.3, 0.4) is 0 Å². The van der Waals surface area contributed by atoms with Crippen molar-refractivity contribution in [3.8, 4) is 11.5 Å². The first kappa shape index (κ1) is 15.4. The van der Waals surface area contributed by atoms with Gasteiger partial charge in [-0.3, -0.25) is 4.79 Å². The molecule has 0 fully saturated rings. The lowest BCUT2D eigenvalue weighted by Gasteiger charge is -2.29. The molecule has 1 aromatic heterocycles. The van der Waals surface area contributed by atoms with Gasteiger partial charge in [-0.25, -0.2) is 0 Å². The molecule has 2 heterocycles. The van der Waals surface area contributed by atoms with Gasteiger partial charge in [-0.2, -0.15) is 0 Å². The topological polar surface area (TPSA) is 77.9 Å². The molecule has 3 rings (SSSR count). The zero-order valence-corrected chi connectivity index (χ0v) is 13.3. The van der Waals surface area contributed by atoms with E-state index in [1.165, 1.54) is 11.8 Å². The van der Waals surface area contributed by atoms with Crippen LogP contribution >= 0.6 is 0 Å². The number of methoxy groups -OCH3 is 2. The molecular formula is C17H20N2O4. The van der Waals surface area contributed by atoms with E-state index in [-0.39, 0.29) is 12.5 Å². The summed E-state index contributed by atoms with van der Waals surface area (Å²) in [5.41, 5.74) is 8.31. The summed E-state index contributed by atoms with van der Waals surface area (Å²) in [6.45, 7) is 1.48. The molecule has 0 aliphatic carbocycles. The predicted molar refractivity (Wildman–Crippen MR) is 84.6 cm³/mol. The summed E-state index contributed by atoms with van der Waals surface area (Å²) < 4.78 is 15.9. The summed E-state index contributed by atoms with van der Waals surface area (Å²) in [6, 6.07) is 5.63. The summed E-state index contributed by atoms with van der Waals surface area (Å²) in [5, 5.41) is 0. The molecule has 6 heteroatoms. The average Bonchev–Trinajstić information content (AvgIpc) is 3.08. The number of nitrogens with zero attached hydrogens (tertiary/aromatic N) is 1. The molecule has 1 amide bonds. The Morgan fingerprint density at radius 3 is 2.52 bits per heavy atom. The molecule has 0 saturated heterocycles. The molecule has 0 saturated carbocycles. The third kappa shape index (κ3) is 2.90. The first-order valence-corrected chi connectivity index (χ1v) is 7.46. The summed E-state index contributed by atoms with van der Waals surface area (Å²) in [4.78, 5) is 14.4. The number of ether oxygens (including phenoxy) is 2. The van der Waals surface area contributed by atoms with Crippen LogP contribution < -0.4 is 15.2 Å². The molecule has 0 spiro atoms. The van der Waals surface area contributed by atoms with E-state index in [1.807, 2.05) is 12.1 Å². The lowest BCUT2D eigenvalue weighted by atomic mass is 9.98. The number of hydrogen-bond acceptors (Lipinski definition) is 5. The van der Waals surface area contributed by atoms with Crippen LogP contribution in [0.1, 0.15) is 27.2 Å². The molecule has 1 aromatic carbocycles. The second-order valence-electron chi connectivity index (χ2n) is 5.46. The number of furan rings is 1. The molecule has 2 aromatic rings. The summed E-state index contributed by atoms with van der Waals surface area (Å²) >= 11 is 0. The van der Waals surface area contributed by atoms with Crippen molar-refractivity contribution >= 4 is 5.91 Å². The maximum atomic E-state index is 12.6. The Morgan fingerprint density at radius 1 is 1.22 bits per heavy atom. The number of nitrogens with two attached hydrogens (primary N) is 1. The Balaban J connectivity index is 1.83. The highest BCUT2D eigenvalue weighted by molar-refractivity contribution is 5.94. The maximum absolute atomic E-state index is 12.6. The number of fused-ring (bicyclic) bond motifs is 1. The van der Waals surface area contributed by atoms with Crippen LogP contribution in [-0.2, 0) is 19.5 Å². The highest BCUT2D eigenvalue weighted by Crippen LogP contribution is 2.33. The van der Waals surface area contributed by atoms with Crippen molar-refractivity contribution < 1.29 is 18.7 Å². The number of carbonyl (C=O) groups excluding carboxylic acids is 1. The SMILES string of the molecule is COc1cc2c(cc1OC)CN(C(=O)c1coc(CN)c1)CC2. The van der Waals surface area contributed by atoms with Crippen molar-refractivity contribution in [3.63, 3.8) is 0 Å². The normalized spacial score (nSPS) is 13.6. The van der Waals surface area contributed by atoms with Gasteiger partial charge in [-0.05, 0) is 35.7 Å². The highest BCUT2D eigenvalue weighted by atomic mass is 16.5. The van der Waals surface area contributed by atoms with Crippen LogP contribution in [0.25, 0.3) is 0 Å². The van der Waals surface area contributed by atoms with Gasteiger partial charge in [0.15, 0.2) is 11.5 Å². The maximum Gasteiger partial charge on any atom is 0.257 e. The van der Waals surface area contributed by atoms with Gasteiger partial charge in [0.25, 0.3) is 5.91 Å². The van der Waals surface area contributed by atoms with E-state index in [0.29, 0.717) is 35.9 Å². The average molecular weight is 316 g/mol. The van der Waals surface area contributed by atoms with Crippen LogP contribution in [0.15, 0.2) is 28.9 Å². The van der Waals surface area contributed by atoms with Crippen LogP contribution in [0.4, 0.5) is 0 Å². The predicted octanol–water partition coefficient (Wildman–Crippen LogP) is 1.95. The van der Waals surface area contributed by atoms with E-state index < -0.39 is 0 Å². The molecule has 0 unspecified atom stereocenters. The van der Waals surface area contributed by atoms with E-state index in [0.717, 1.165) is 12.0 Å². The van der Waals surface area contributed by atoms with E-state index in [2.05, 4.69) is 0 Å². The third-order valence-electron chi connectivity index (χ3n) is 4.11. The smallest absolute Gasteiger partial charge is 0.257 e. The third-order valence-corrected chi connectivity index (χ3v) is 4.11. The monoisotopic (exact) mass is 316 g/mol. The first-order chi connectivity index (χ1) is 11.2. The van der Waals surface area contributed by atoms with Crippen LogP contribution in [-0.4, -0.2) is 31.6 Å². The van der Waals surface area contributed by atoms with E-state index in [9.17, 15) is 4.79 Å². The molecule has 2 N–H and O–H groups in total. The Bertz CT molecular complexity index is 723. The second-order valence-corrected chi connectivity index (χ2v) is 5.46. The zero-order valence-electron chi connectivity index (χ0n) is 13.3. The quantitative estimate of drug-likeness (QED) is 0.933. The molecule has 0 bridgehead atoms. The minimum absolute atomic E-state index is 0.0473. The zero-order chi connectivity index (χ0) is 16.4. The van der Waals surface area contributed by atoms with Gasteiger partial charge in [-0.15, -0.1) is 0 Å². The lowest BCUT2D eigenvalue weighted by molar-refractivity contribution is 0.0733. The summed E-state index contributed by atoms with van der Waals surface area (Å²) in [7, 11) is 3.23. The minimum atomic E-state index is -0.0473. The number of amides is 1. The van der Waals surface area contributed by atoms with Gasteiger partial charge in [0.2, 0.25) is 0 Å². The highest BCUT2D eigenvalue weighted by Gasteiger charge is 2.24. The van der Waals surface area contributed by atoms with Crippen molar-refractivity contribution in [1.29, 1.82) is 0 Å². The lowest BCUT2D eigenvalue weighted by Crippen LogP contribution is -2.35. The van der Waals surface area contributed by atoms with Gasteiger partial charge >= 0.3 is 0 Å². The van der Waals surface area contributed by atoms with Crippen molar-refractivity contribution in [2.24, 2.45) is 5.73 Å². The van der Waals surface area contributed by atoms with Crippen molar-refractivity contribution in [3.05, 3.63) is 46.9 Å². The van der Waals surface area contributed by atoms with Crippen LogP contribution in [0, 0.1) is 0 Å². The fourth-order valence-electron chi connectivity index (χ4n) is 2.84. The van der Waals surface area contributed by atoms with Gasteiger partial charge < -0.3 is 24.5 Å². The Kier molecular flexibility index (Phi) is 4.25. The Labute approximate surface area is 134 Å². The number of benzene rings is 1. The van der Waals surface area contributed by atoms with Crippen molar-refractivity contribution in [2.45, 2.75) is 19.5 Å². The molecule has 6 nitrogen and oxygen atoms in total. The van der Waals surface area contributed by atoms with E-state index in [4.69, 9.17) is 19.6 Å². The van der Waals surface area contributed by atoms with Gasteiger partial charge in [0.05, 0.1) is 26.3 Å². The molecule has 0 radical (unpaired) electrons. The number of carbonyl (C=O) groups is 1. The minimum Gasteiger partial charge on any atom is -0.493 e. The molecule has 1 aliphatic heterocycles. The largest absolute Gasteiger partial charge is 0.493 e. The Morgan fingerprint density at radius 2 is 1.91 bits per heavy atom.